The lowest BCUT2D eigenvalue weighted by Crippen LogP contribution is -2.02. The molecule has 2 aromatic carbocycles. The molecule has 0 atom stereocenters. The Hall–Kier alpha value is -3.28. The largest absolute Gasteiger partial charge is 0.357 e. The van der Waals surface area contributed by atoms with Crippen LogP contribution in [0.2, 0.25) is 0 Å². The minimum absolute atomic E-state index is 0.345. The van der Waals surface area contributed by atoms with Crippen LogP contribution in [0.1, 0.15) is 27.7 Å². The summed E-state index contributed by atoms with van der Waals surface area (Å²) < 4.78 is 27.5. The van der Waals surface area contributed by atoms with Gasteiger partial charge in [0.05, 0.1) is 22.7 Å². The number of nitrogens with one attached hydrogen (secondary N) is 2. The standard InChI is InChI=1S/C22H22F2N4/c1-13-9-15(3)27-22-12-18(24)6-8-20(22)26-14(2)10-16(4)28-21-11-17(23)5-7-19(21)25-13/h5-12,27-28H,1-4H3/b15-9+,16-10+,25-13?,26-14?. The number of halogens is 2. The van der Waals surface area contributed by atoms with E-state index in [2.05, 4.69) is 20.6 Å². The van der Waals surface area contributed by atoms with Crippen molar-refractivity contribution >= 4 is 34.2 Å². The van der Waals surface area contributed by atoms with E-state index in [1.807, 2.05) is 39.8 Å². The van der Waals surface area contributed by atoms with Crippen molar-refractivity contribution in [1.82, 2.24) is 0 Å². The summed E-state index contributed by atoms with van der Waals surface area (Å²) in [4.78, 5) is 9.17. The zero-order valence-electron chi connectivity index (χ0n) is 16.3. The smallest absolute Gasteiger partial charge is 0.125 e. The molecule has 6 heteroatoms. The van der Waals surface area contributed by atoms with Gasteiger partial charge in [0, 0.05) is 22.8 Å². The molecule has 4 nitrogen and oxygen atoms in total. The molecule has 0 aliphatic carbocycles. The Morgan fingerprint density at radius 1 is 0.643 bits per heavy atom. The van der Waals surface area contributed by atoms with Crippen LogP contribution in [0.5, 0.6) is 0 Å². The number of rotatable bonds is 0. The first-order chi connectivity index (χ1) is 13.3. The van der Waals surface area contributed by atoms with Crippen LogP contribution >= 0.6 is 0 Å². The SMILES string of the molecule is CC1=Nc2ccc(F)cc2N/C(C)=C/C(C)=Nc2ccc(F)cc2N/C(C)=C/1. The maximum absolute atomic E-state index is 13.8. The van der Waals surface area contributed by atoms with Crippen molar-refractivity contribution in [1.29, 1.82) is 0 Å². The van der Waals surface area contributed by atoms with E-state index in [1.165, 1.54) is 24.3 Å². The van der Waals surface area contributed by atoms with Gasteiger partial charge in [0.15, 0.2) is 0 Å². The molecule has 144 valence electrons. The molecule has 0 amide bonds. The lowest BCUT2D eigenvalue weighted by molar-refractivity contribution is 0.628. The normalized spacial score (nSPS) is 18.5. The summed E-state index contributed by atoms with van der Waals surface area (Å²) in [6.07, 6.45) is 3.68. The lowest BCUT2D eigenvalue weighted by Gasteiger charge is -2.13. The van der Waals surface area contributed by atoms with Crippen LogP contribution < -0.4 is 10.6 Å². The molecule has 0 saturated carbocycles. The summed E-state index contributed by atoms with van der Waals surface area (Å²) in [5.74, 6) is -0.689. The number of allylic oxidation sites excluding steroid dienone is 4. The molecule has 0 fully saturated rings. The van der Waals surface area contributed by atoms with Crippen LogP contribution in [0.15, 0.2) is 69.9 Å². The molecule has 3 rings (SSSR count). The van der Waals surface area contributed by atoms with Gasteiger partial charge in [-0.3, -0.25) is 9.98 Å². The summed E-state index contributed by atoms with van der Waals surface area (Å²) in [6.45, 7) is 7.43. The number of fused-ring (bicyclic) bond motifs is 2. The zero-order valence-corrected chi connectivity index (χ0v) is 16.3. The Morgan fingerprint density at radius 2 is 1.04 bits per heavy atom. The highest BCUT2D eigenvalue weighted by Crippen LogP contribution is 2.30. The highest BCUT2D eigenvalue weighted by molar-refractivity contribution is 5.98. The predicted molar refractivity (Wildman–Crippen MR) is 113 cm³/mol. The van der Waals surface area contributed by atoms with Gasteiger partial charge in [-0.2, -0.15) is 0 Å². The monoisotopic (exact) mass is 380 g/mol. The van der Waals surface area contributed by atoms with E-state index in [-0.39, 0.29) is 11.6 Å². The highest BCUT2D eigenvalue weighted by Gasteiger charge is 2.08. The molecular weight excluding hydrogens is 358 g/mol. The van der Waals surface area contributed by atoms with E-state index in [0.717, 1.165) is 22.8 Å². The number of hydrogen-bond donors (Lipinski definition) is 2. The van der Waals surface area contributed by atoms with Gasteiger partial charge in [-0.05, 0) is 76.2 Å². The molecule has 0 aromatic heterocycles. The van der Waals surface area contributed by atoms with E-state index < -0.39 is 0 Å². The number of anilines is 2. The first kappa shape index (κ1) is 19.5. The summed E-state index contributed by atoms with van der Waals surface area (Å²) in [5.41, 5.74) is 5.37. The van der Waals surface area contributed by atoms with E-state index in [4.69, 9.17) is 0 Å². The first-order valence-electron chi connectivity index (χ1n) is 8.90. The van der Waals surface area contributed by atoms with Gasteiger partial charge in [0.1, 0.15) is 11.6 Å². The first-order valence-corrected chi connectivity index (χ1v) is 8.90. The molecule has 0 radical (unpaired) electrons. The Morgan fingerprint density at radius 3 is 1.43 bits per heavy atom. The fourth-order valence-electron chi connectivity index (χ4n) is 2.98. The number of hydrogen-bond acceptors (Lipinski definition) is 4. The Bertz CT molecular complexity index is 949. The second-order valence-electron chi connectivity index (χ2n) is 6.73. The van der Waals surface area contributed by atoms with Crippen molar-refractivity contribution in [2.45, 2.75) is 27.7 Å². The fourth-order valence-corrected chi connectivity index (χ4v) is 2.98. The molecule has 0 saturated heterocycles. The molecule has 1 heterocycles. The van der Waals surface area contributed by atoms with Crippen LogP contribution in [0.25, 0.3) is 0 Å². The van der Waals surface area contributed by atoms with E-state index in [1.54, 1.807) is 12.1 Å². The number of benzene rings is 2. The van der Waals surface area contributed by atoms with Gasteiger partial charge in [-0.15, -0.1) is 0 Å². The van der Waals surface area contributed by atoms with Crippen LogP contribution in [-0.2, 0) is 0 Å². The lowest BCUT2D eigenvalue weighted by atomic mass is 10.2. The summed E-state index contributed by atoms with van der Waals surface area (Å²) in [6, 6.07) is 8.83. The van der Waals surface area contributed by atoms with Crippen molar-refractivity contribution in [3.8, 4) is 0 Å². The molecule has 0 spiro atoms. The molecule has 28 heavy (non-hydrogen) atoms. The topological polar surface area (TPSA) is 48.8 Å². The van der Waals surface area contributed by atoms with Crippen LogP contribution in [0.3, 0.4) is 0 Å². The van der Waals surface area contributed by atoms with Gasteiger partial charge in [0.25, 0.3) is 0 Å². The number of aliphatic imine (C=N–C) groups is 2. The van der Waals surface area contributed by atoms with Crippen LogP contribution in [-0.4, -0.2) is 11.4 Å². The molecule has 1 aliphatic heterocycles. The summed E-state index contributed by atoms with van der Waals surface area (Å²) >= 11 is 0. The third-order valence-electron chi connectivity index (χ3n) is 4.03. The van der Waals surface area contributed by atoms with Crippen molar-refractivity contribution in [2.24, 2.45) is 9.98 Å². The fraction of sp³-hybridized carbons (Fsp3) is 0.182. The quantitative estimate of drug-likeness (QED) is 0.548. The maximum atomic E-state index is 13.8. The molecule has 2 aromatic rings. The Balaban J connectivity index is 2.16. The highest BCUT2D eigenvalue weighted by atomic mass is 19.1. The third kappa shape index (κ3) is 4.91. The van der Waals surface area contributed by atoms with E-state index >= 15 is 0 Å². The van der Waals surface area contributed by atoms with Gasteiger partial charge in [-0.25, -0.2) is 8.78 Å². The van der Waals surface area contributed by atoms with Crippen molar-refractivity contribution in [2.75, 3.05) is 10.6 Å². The summed E-state index contributed by atoms with van der Waals surface area (Å²) in [7, 11) is 0. The average molecular weight is 380 g/mol. The van der Waals surface area contributed by atoms with Crippen LogP contribution in [0, 0.1) is 11.6 Å². The minimum atomic E-state index is -0.345. The second kappa shape index (κ2) is 8.17. The average Bonchev–Trinajstić information content (AvgIpc) is 2.58. The van der Waals surface area contributed by atoms with Crippen molar-refractivity contribution in [3.05, 3.63) is 71.6 Å². The minimum Gasteiger partial charge on any atom is -0.357 e. The molecule has 2 N–H and O–H groups in total. The van der Waals surface area contributed by atoms with Crippen LogP contribution in [0.4, 0.5) is 31.5 Å². The Kier molecular flexibility index (Phi) is 5.68. The Labute approximate surface area is 163 Å². The van der Waals surface area contributed by atoms with E-state index in [9.17, 15) is 8.78 Å². The molecular formula is C22H22F2N4. The molecule has 0 bridgehead atoms. The second-order valence-corrected chi connectivity index (χ2v) is 6.73. The summed E-state index contributed by atoms with van der Waals surface area (Å²) in [5, 5.41) is 6.37. The zero-order chi connectivity index (χ0) is 20.3. The van der Waals surface area contributed by atoms with Crippen molar-refractivity contribution < 1.29 is 8.78 Å². The third-order valence-corrected chi connectivity index (χ3v) is 4.03. The van der Waals surface area contributed by atoms with Gasteiger partial charge in [0.2, 0.25) is 0 Å². The number of nitrogens with zero attached hydrogens (tertiary/aromatic N) is 2. The van der Waals surface area contributed by atoms with Gasteiger partial charge < -0.3 is 10.6 Å². The van der Waals surface area contributed by atoms with Gasteiger partial charge in [-0.1, -0.05) is 0 Å². The predicted octanol–water partition coefficient (Wildman–Crippen LogP) is 6.49. The van der Waals surface area contributed by atoms with E-state index in [0.29, 0.717) is 22.7 Å². The van der Waals surface area contributed by atoms with Crippen molar-refractivity contribution in [3.63, 3.8) is 0 Å². The van der Waals surface area contributed by atoms with Gasteiger partial charge >= 0.3 is 0 Å². The molecule has 1 aliphatic rings. The molecule has 0 unspecified atom stereocenters. The maximum Gasteiger partial charge on any atom is 0.125 e.